The van der Waals surface area contributed by atoms with Gasteiger partial charge in [0.1, 0.15) is 6.17 Å². The van der Waals surface area contributed by atoms with Crippen molar-refractivity contribution in [2.45, 2.75) is 57.2 Å². The van der Waals surface area contributed by atoms with Crippen molar-refractivity contribution in [3.8, 4) is 0 Å². The highest BCUT2D eigenvalue weighted by atomic mass is 32.1. The second kappa shape index (κ2) is 7.52. The number of anilines is 2. The largest absolute Gasteiger partial charge is 0.346 e. The van der Waals surface area contributed by atoms with E-state index in [1.54, 1.807) is 11.3 Å². The average molecular weight is 354 g/mol. The molecule has 1 atom stereocenters. The first-order valence-electron chi connectivity index (χ1n) is 9.51. The predicted molar refractivity (Wildman–Crippen MR) is 96.9 cm³/mol. The molecule has 0 bridgehead atoms. The minimum atomic E-state index is -0.716. The average Bonchev–Trinajstić information content (AvgIpc) is 3.13. The molecule has 4 heterocycles. The zero-order valence-electron chi connectivity index (χ0n) is 14.4. The Morgan fingerprint density at radius 3 is 2.21 bits per heavy atom. The van der Waals surface area contributed by atoms with Gasteiger partial charge >= 0.3 is 0 Å². The molecule has 1 unspecified atom stereocenters. The highest BCUT2D eigenvalue weighted by molar-refractivity contribution is 7.19. The van der Waals surface area contributed by atoms with Gasteiger partial charge in [0, 0.05) is 25.7 Å². The van der Waals surface area contributed by atoms with E-state index < -0.39 is 6.17 Å². The molecular formula is C17H28FN5S. The molecule has 24 heavy (non-hydrogen) atoms. The van der Waals surface area contributed by atoms with Crippen LogP contribution < -0.4 is 9.80 Å². The first-order chi connectivity index (χ1) is 11.8. The first-order valence-corrected chi connectivity index (χ1v) is 10.3. The van der Waals surface area contributed by atoms with Crippen molar-refractivity contribution in [1.82, 2.24) is 15.1 Å². The summed E-state index contributed by atoms with van der Waals surface area (Å²) in [6, 6.07) is 0.753. The molecule has 0 spiro atoms. The summed E-state index contributed by atoms with van der Waals surface area (Å²) in [5.41, 5.74) is 0. The van der Waals surface area contributed by atoms with Gasteiger partial charge in [0.05, 0.1) is 6.54 Å². The number of alkyl halides is 1. The minimum Gasteiger partial charge on any atom is -0.346 e. The molecule has 134 valence electrons. The molecule has 1 aromatic rings. The maximum atomic E-state index is 13.6. The van der Waals surface area contributed by atoms with Gasteiger partial charge in [-0.15, -0.1) is 10.2 Å². The Labute approximate surface area is 147 Å². The van der Waals surface area contributed by atoms with Crippen molar-refractivity contribution < 1.29 is 4.39 Å². The fourth-order valence-corrected chi connectivity index (χ4v) is 5.20. The molecule has 0 amide bonds. The van der Waals surface area contributed by atoms with Crippen LogP contribution in [0, 0.1) is 0 Å². The monoisotopic (exact) mass is 353 g/mol. The highest BCUT2D eigenvalue weighted by Crippen LogP contribution is 2.32. The first kappa shape index (κ1) is 16.5. The summed E-state index contributed by atoms with van der Waals surface area (Å²) in [4.78, 5) is 7.13. The fourth-order valence-electron chi connectivity index (χ4n) is 4.27. The number of rotatable bonds is 3. The summed E-state index contributed by atoms with van der Waals surface area (Å²) in [5.74, 6) is 0. The van der Waals surface area contributed by atoms with Crippen molar-refractivity contribution in [3.63, 3.8) is 0 Å². The van der Waals surface area contributed by atoms with E-state index >= 15 is 0 Å². The Balaban J connectivity index is 1.32. The van der Waals surface area contributed by atoms with Gasteiger partial charge < -0.3 is 14.7 Å². The van der Waals surface area contributed by atoms with E-state index in [1.807, 2.05) is 0 Å². The normalized spacial score (nSPS) is 27.6. The third-order valence-electron chi connectivity index (χ3n) is 5.68. The van der Waals surface area contributed by atoms with Gasteiger partial charge in [-0.05, 0) is 51.6 Å². The predicted octanol–water partition coefficient (Wildman–Crippen LogP) is 2.93. The van der Waals surface area contributed by atoms with Crippen LogP contribution in [0.1, 0.15) is 44.9 Å². The maximum absolute atomic E-state index is 13.6. The van der Waals surface area contributed by atoms with E-state index in [0.717, 1.165) is 42.4 Å². The Hall–Kier alpha value is -0.950. The fraction of sp³-hybridized carbons (Fsp3) is 0.882. The lowest BCUT2D eigenvalue weighted by Crippen LogP contribution is -2.46. The van der Waals surface area contributed by atoms with Crippen molar-refractivity contribution in [2.75, 3.05) is 49.1 Å². The minimum absolute atomic E-state index is 0.478. The van der Waals surface area contributed by atoms with Crippen molar-refractivity contribution in [3.05, 3.63) is 0 Å². The standard InChI is InChI=1S/C17H28FN5S/c18-14-5-4-10-23(13-14)17-20-19-16(24-17)22-11-6-15(7-12-22)21-8-2-1-3-9-21/h14-15H,1-13H2. The van der Waals surface area contributed by atoms with Gasteiger partial charge in [0.15, 0.2) is 0 Å². The van der Waals surface area contributed by atoms with Crippen LogP contribution in [-0.2, 0) is 0 Å². The summed E-state index contributed by atoms with van der Waals surface area (Å²) in [5, 5.41) is 10.6. The van der Waals surface area contributed by atoms with Gasteiger partial charge in [0.2, 0.25) is 10.3 Å². The zero-order chi connectivity index (χ0) is 16.4. The smallest absolute Gasteiger partial charge is 0.210 e. The van der Waals surface area contributed by atoms with Crippen molar-refractivity contribution >= 4 is 21.6 Å². The van der Waals surface area contributed by atoms with E-state index in [2.05, 4.69) is 24.9 Å². The summed E-state index contributed by atoms with van der Waals surface area (Å²) < 4.78 is 13.6. The van der Waals surface area contributed by atoms with Gasteiger partial charge in [-0.3, -0.25) is 0 Å². The lowest BCUT2D eigenvalue weighted by molar-refractivity contribution is 0.141. The number of piperidine rings is 3. The number of hydrogen-bond acceptors (Lipinski definition) is 6. The van der Waals surface area contributed by atoms with Crippen LogP contribution in [-0.4, -0.2) is 66.6 Å². The molecule has 4 rings (SSSR count). The summed E-state index contributed by atoms with van der Waals surface area (Å²) in [6.07, 6.45) is 7.47. The number of halogens is 1. The maximum Gasteiger partial charge on any atom is 0.210 e. The van der Waals surface area contributed by atoms with Crippen LogP contribution in [0.4, 0.5) is 14.7 Å². The third kappa shape index (κ3) is 3.67. The zero-order valence-corrected chi connectivity index (χ0v) is 15.2. The van der Waals surface area contributed by atoms with E-state index in [4.69, 9.17) is 0 Å². The van der Waals surface area contributed by atoms with Crippen LogP contribution in [0.3, 0.4) is 0 Å². The van der Waals surface area contributed by atoms with E-state index in [-0.39, 0.29) is 0 Å². The van der Waals surface area contributed by atoms with Crippen LogP contribution in [0.25, 0.3) is 0 Å². The van der Waals surface area contributed by atoms with Crippen LogP contribution >= 0.6 is 11.3 Å². The molecule has 3 aliphatic heterocycles. The van der Waals surface area contributed by atoms with Gasteiger partial charge in [-0.1, -0.05) is 17.8 Å². The molecule has 0 saturated carbocycles. The molecule has 1 aromatic heterocycles. The number of hydrogen-bond donors (Lipinski definition) is 0. The molecule has 3 saturated heterocycles. The number of nitrogens with zero attached hydrogens (tertiary/aromatic N) is 5. The van der Waals surface area contributed by atoms with Crippen molar-refractivity contribution in [1.29, 1.82) is 0 Å². The quantitative estimate of drug-likeness (QED) is 0.835. The van der Waals surface area contributed by atoms with Gasteiger partial charge in [-0.25, -0.2) is 4.39 Å². The topological polar surface area (TPSA) is 35.5 Å². The summed E-state index contributed by atoms with van der Waals surface area (Å²) in [6.45, 7) is 6.10. The lowest BCUT2D eigenvalue weighted by atomic mass is 10.0. The molecule has 0 aromatic carbocycles. The molecule has 7 heteroatoms. The third-order valence-corrected chi connectivity index (χ3v) is 6.72. The second-order valence-electron chi connectivity index (χ2n) is 7.37. The van der Waals surface area contributed by atoms with E-state index in [0.29, 0.717) is 13.0 Å². The second-order valence-corrected chi connectivity index (χ2v) is 8.30. The molecular weight excluding hydrogens is 325 g/mol. The van der Waals surface area contributed by atoms with Crippen LogP contribution in [0.2, 0.25) is 0 Å². The number of aromatic nitrogens is 2. The van der Waals surface area contributed by atoms with E-state index in [1.165, 1.54) is 45.2 Å². The Morgan fingerprint density at radius 1 is 0.792 bits per heavy atom. The summed E-state index contributed by atoms with van der Waals surface area (Å²) in [7, 11) is 0. The molecule has 5 nitrogen and oxygen atoms in total. The Kier molecular flexibility index (Phi) is 5.17. The summed E-state index contributed by atoms with van der Waals surface area (Å²) >= 11 is 1.63. The number of likely N-dealkylation sites (tertiary alicyclic amines) is 1. The lowest BCUT2D eigenvalue weighted by Gasteiger charge is -2.40. The van der Waals surface area contributed by atoms with Gasteiger partial charge in [0.25, 0.3) is 0 Å². The van der Waals surface area contributed by atoms with Crippen LogP contribution in [0.5, 0.6) is 0 Å². The SMILES string of the molecule is FC1CCCN(c2nnc(N3CCC(N4CCCCC4)CC3)s2)C1. The molecule has 0 radical (unpaired) electrons. The molecule has 3 fully saturated rings. The molecule has 0 N–H and O–H groups in total. The molecule has 0 aliphatic carbocycles. The Bertz CT molecular complexity index is 525. The highest BCUT2D eigenvalue weighted by Gasteiger charge is 2.28. The van der Waals surface area contributed by atoms with Crippen molar-refractivity contribution in [2.24, 2.45) is 0 Å². The molecule has 3 aliphatic rings. The Morgan fingerprint density at radius 2 is 1.50 bits per heavy atom. The van der Waals surface area contributed by atoms with Gasteiger partial charge in [-0.2, -0.15) is 0 Å². The van der Waals surface area contributed by atoms with E-state index in [9.17, 15) is 4.39 Å². The van der Waals surface area contributed by atoms with Crippen LogP contribution in [0.15, 0.2) is 0 Å².